The van der Waals surface area contributed by atoms with Gasteiger partial charge < -0.3 is 15.1 Å². The monoisotopic (exact) mass is 351 g/mol. The summed E-state index contributed by atoms with van der Waals surface area (Å²) in [6.45, 7) is 4.75. The number of nitrogens with one attached hydrogen (secondary N) is 1. The summed E-state index contributed by atoms with van der Waals surface area (Å²) >= 11 is 0. The lowest BCUT2D eigenvalue weighted by molar-refractivity contribution is -0.136. The average molecular weight is 352 g/mol. The maximum absolute atomic E-state index is 12.8. The lowest BCUT2D eigenvalue weighted by atomic mass is 9.95. The van der Waals surface area contributed by atoms with Crippen molar-refractivity contribution in [3.8, 4) is 0 Å². The summed E-state index contributed by atoms with van der Waals surface area (Å²) < 4.78 is 0. The van der Waals surface area contributed by atoms with Crippen LogP contribution in [-0.2, 0) is 4.79 Å². The topological polar surface area (TPSA) is 52.7 Å². The minimum absolute atomic E-state index is 0. The SMILES string of the molecule is Cl.O=C(c1ccccc1)N1CCCC(C(=O)N2CCCNCC2)C1. The Kier molecular flexibility index (Phi) is 7.06. The summed E-state index contributed by atoms with van der Waals surface area (Å²) in [5, 5.41) is 3.33. The molecule has 2 aliphatic rings. The summed E-state index contributed by atoms with van der Waals surface area (Å²) in [5.41, 5.74) is 0.708. The molecule has 2 aliphatic heterocycles. The quantitative estimate of drug-likeness (QED) is 0.883. The second kappa shape index (κ2) is 9.04. The number of piperidine rings is 1. The molecule has 1 aromatic rings. The average Bonchev–Trinajstić information content (AvgIpc) is 2.91. The molecule has 0 aliphatic carbocycles. The molecule has 0 bridgehead atoms. The molecule has 0 radical (unpaired) electrons. The van der Waals surface area contributed by atoms with Crippen LogP contribution < -0.4 is 5.32 Å². The van der Waals surface area contributed by atoms with Crippen molar-refractivity contribution in [1.82, 2.24) is 15.1 Å². The molecule has 1 atom stereocenters. The molecule has 1 unspecified atom stereocenters. The van der Waals surface area contributed by atoms with Gasteiger partial charge in [0, 0.05) is 38.3 Å². The Morgan fingerprint density at radius 1 is 0.958 bits per heavy atom. The van der Waals surface area contributed by atoms with Crippen LogP contribution in [0.2, 0.25) is 0 Å². The number of halogens is 1. The van der Waals surface area contributed by atoms with Gasteiger partial charge in [0.25, 0.3) is 5.91 Å². The number of nitrogens with zero attached hydrogens (tertiary/aromatic N) is 2. The lowest BCUT2D eigenvalue weighted by Gasteiger charge is -2.34. The zero-order valence-electron chi connectivity index (χ0n) is 13.9. The van der Waals surface area contributed by atoms with Gasteiger partial charge in [-0.05, 0) is 37.9 Å². The van der Waals surface area contributed by atoms with Crippen molar-refractivity contribution in [1.29, 1.82) is 0 Å². The molecule has 0 aromatic heterocycles. The fourth-order valence-corrected chi connectivity index (χ4v) is 3.45. The smallest absolute Gasteiger partial charge is 0.253 e. The Morgan fingerprint density at radius 3 is 2.50 bits per heavy atom. The molecular weight excluding hydrogens is 326 g/mol. The first-order valence-corrected chi connectivity index (χ1v) is 8.59. The lowest BCUT2D eigenvalue weighted by Crippen LogP contribution is -2.47. The van der Waals surface area contributed by atoms with E-state index in [1.54, 1.807) is 0 Å². The summed E-state index contributed by atoms with van der Waals surface area (Å²) in [7, 11) is 0. The number of carbonyl (C=O) groups is 2. The van der Waals surface area contributed by atoms with Gasteiger partial charge in [0.15, 0.2) is 0 Å². The molecule has 24 heavy (non-hydrogen) atoms. The minimum Gasteiger partial charge on any atom is -0.341 e. The Bertz CT molecular complexity index is 544. The van der Waals surface area contributed by atoms with Crippen LogP contribution in [0.25, 0.3) is 0 Å². The third kappa shape index (κ3) is 4.48. The second-order valence-electron chi connectivity index (χ2n) is 6.39. The van der Waals surface area contributed by atoms with Crippen molar-refractivity contribution in [2.24, 2.45) is 5.92 Å². The molecule has 0 spiro atoms. The van der Waals surface area contributed by atoms with Crippen molar-refractivity contribution in [3.63, 3.8) is 0 Å². The van der Waals surface area contributed by atoms with Gasteiger partial charge in [0.1, 0.15) is 0 Å². The summed E-state index contributed by atoms with van der Waals surface area (Å²) in [5.74, 6) is 0.217. The van der Waals surface area contributed by atoms with E-state index in [-0.39, 0.29) is 30.1 Å². The first kappa shape index (κ1) is 18.7. The predicted molar refractivity (Wildman–Crippen MR) is 96.4 cm³/mol. The maximum Gasteiger partial charge on any atom is 0.253 e. The van der Waals surface area contributed by atoms with Crippen LogP contribution in [0.4, 0.5) is 0 Å². The molecule has 6 heteroatoms. The summed E-state index contributed by atoms with van der Waals surface area (Å²) in [6.07, 6.45) is 2.80. The molecule has 5 nitrogen and oxygen atoms in total. The number of hydrogen-bond acceptors (Lipinski definition) is 3. The zero-order chi connectivity index (χ0) is 16.1. The highest BCUT2D eigenvalue weighted by Crippen LogP contribution is 2.21. The zero-order valence-corrected chi connectivity index (χ0v) is 14.8. The number of rotatable bonds is 2. The molecule has 0 saturated carbocycles. The van der Waals surface area contributed by atoms with Crippen LogP contribution >= 0.6 is 12.4 Å². The van der Waals surface area contributed by atoms with Gasteiger partial charge in [-0.3, -0.25) is 9.59 Å². The maximum atomic E-state index is 12.8. The summed E-state index contributed by atoms with van der Waals surface area (Å²) in [6, 6.07) is 9.35. The van der Waals surface area contributed by atoms with E-state index in [4.69, 9.17) is 0 Å². The van der Waals surface area contributed by atoms with Gasteiger partial charge in [-0.1, -0.05) is 18.2 Å². The number of amides is 2. The van der Waals surface area contributed by atoms with Gasteiger partial charge in [-0.2, -0.15) is 0 Å². The Hall–Kier alpha value is -1.59. The predicted octanol–water partition coefficient (Wildman–Crippen LogP) is 1.78. The van der Waals surface area contributed by atoms with Crippen LogP contribution in [0.1, 0.15) is 29.6 Å². The van der Waals surface area contributed by atoms with E-state index in [1.165, 1.54) is 0 Å². The van der Waals surface area contributed by atoms with Crippen LogP contribution in [0.3, 0.4) is 0 Å². The van der Waals surface area contributed by atoms with Crippen LogP contribution in [-0.4, -0.2) is 60.9 Å². The van der Waals surface area contributed by atoms with E-state index in [0.717, 1.165) is 52.0 Å². The normalized spacial score (nSPS) is 21.6. The van der Waals surface area contributed by atoms with E-state index in [2.05, 4.69) is 5.32 Å². The Balaban J connectivity index is 0.00000208. The third-order valence-corrected chi connectivity index (χ3v) is 4.73. The molecule has 2 heterocycles. The van der Waals surface area contributed by atoms with E-state index in [0.29, 0.717) is 12.1 Å². The van der Waals surface area contributed by atoms with Crippen molar-refractivity contribution < 1.29 is 9.59 Å². The number of carbonyl (C=O) groups excluding carboxylic acids is 2. The third-order valence-electron chi connectivity index (χ3n) is 4.73. The van der Waals surface area contributed by atoms with Crippen molar-refractivity contribution in [2.45, 2.75) is 19.3 Å². The fraction of sp³-hybridized carbons (Fsp3) is 0.556. The number of benzene rings is 1. The highest BCUT2D eigenvalue weighted by atomic mass is 35.5. The van der Waals surface area contributed by atoms with Crippen LogP contribution in [0, 0.1) is 5.92 Å². The van der Waals surface area contributed by atoms with E-state index in [1.807, 2.05) is 40.1 Å². The van der Waals surface area contributed by atoms with Gasteiger partial charge in [-0.15, -0.1) is 12.4 Å². The standard InChI is InChI=1S/C18H25N3O2.ClH/c22-17(15-6-2-1-3-7-15)21-11-4-8-16(14-21)18(23)20-12-5-9-19-10-13-20;/h1-3,6-7,16,19H,4-5,8-14H2;1H. The van der Waals surface area contributed by atoms with Gasteiger partial charge in [-0.25, -0.2) is 0 Å². The highest BCUT2D eigenvalue weighted by Gasteiger charge is 2.31. The Morgan fingerprint density at radius 2 is 1.71 bits per heavy atom. The number of hydrogen-bond donors (Lipinski definition) is 1. The van der Waals surface area contributed by atoms with E-state index in [9.17, 15) is 9.59 Å². The highest BCUT2D eigenvalue weighted by molar-refractivity contribution is 5.94. The summed E-state index contributed by atoms with van der Waals surface area (Å²) in [4.78, 5) is 29.2. The van der Waals surface area contributed by atoms with Crippen molar-refractivity contribution in [3.05, 3.63) is 35.9 Å². The second-order valence-corrected chi connectivity index (χ2v) is 6.39. The van der Waals surface area contributed by atoms with Crippen LogP contribution in [0.5, 0.6) is 0 Å². The molecule has 2 saturated heterocycles. The Labute approximate surface area is 149 Å². The molecule has 1 aromatic carbocycles. The van der Waals surface area contributed by atoms with Crippen molar-refractivity contribution >= 4 is 24.2 Å². The van der Waals surface area contributed by atoms with Gasteiger partial charge in [0.05, 0.1) is 5.92 Å². The van der Waals surface area contributed by atoms with E-state index < -0.39 is 0 Å². The number of likely N-dealkylation sites (tertiary alicyclic amines) is 1. The fourth-order valence-electron chi connectivity index (χ4n) is 3.45. The molecular formula is C18H26ClN3O2. The van der Waals surface area contributed by atoms with Crippen LogP contribution in [0.15, 0.2) is 30.3 Å². The first-order chi connectivity index (χ1) is 11.3. The molecule has 2 amide bonds. The van der Waals surface area contributed by atoms with Crippen molar-refractivity contribution in [2.75, 3.05) is 39.3 Å². The molecule has 132 valence electrons. The first-order valence-electron chi connectivity index (χ1n) is 8.59. The molecule has 2 fully saturated rings. The largest absolute Gasteiger partial charge is 0.341 e. The molecule has 1 N–H and O–H groups in total. The van der Waals surface area contributed by atoms with E-state index >= 15 is 0 Å². The molecule has 3 rings (SSSR count). The van der Waals surface area contributed by atoms with Gasteiger partial charge >= 0.3 is 0 Å². The minimum atomic E-state index is -0.0467. The van der Waals surface area contributed by atoms with Gasteiger partial charge in [0.2, 0.25) is 5.91 Å².